The molecule has 1 fully saturated rings. The number of hydrogen-bond acceptors (Lipinski definition) is 4. The Labute approximate surface area is 151 Å². The van der Waals surface area contributed by atoms with Gasteiger partial charge in [-0.3, -0.25) is 9.89 Å². The summed E-state index contributed by atoms with van der Waals surface area (Å²) in [6, 6.07) is 10.5. The van der Waals surface area contributed by atoms with E-state index in [1.54, 1.807) is 0 Å². The molecular weight excluding hydrogens is 314 g/mol. The zero-order valence-electron chi connectivity index (χ0n) is 15.6. The Bertz CT molecular complexity index is 500. The molecule has 1 aromatic rings. The lowest BCUT2D eigenvalue weighted by Gasteiger charge is -2.26. The van der Waals surface area contributed by atoms with Crippen LogP contribution in [0.25, 0.3) is 0 Å². The lowest BCUT2D eigenvalue weighted by Crippen LogP contribution is -2.39. The molecule has 140 valence electrons. The average molecular weight is 348 g/mol. The maximum atomic E-state index is 6.01. The third kappa shape index (κ3) is 7.75. The first-order valence-electron chi connectivity index (χ1n) is 9.30. The minimum absolute atomic E-state index is 0.260. The van der Waals surface area contributed by atoms with Crippen LogP contribution in [-0.4, -0.2) is 62.8 Å². The number of rotatable bonds is 9. The van der Waals surface area contributed by atoms with Crippen molar-refractivity contribution in [1.29, 1.82) is 0 Å². The SMILES string of the molecule is CC(C)C(CN=C(N)NCCCN1CCOCC1)Nc1ccccc1. The van der Waals surface area contributed by atoms with E-state index in [2.05, 4.69) is 46.5 Å². The number of anilines is 1. The van der Waals surface area contributed by atoms with E-state index in [-0.39, 0.29) is 6.04 Å². The molecular formula is C19H33N5O. The standard InChI is InChI=1S/C19H33N5O/c1-16(2)18(23-17-7-4-3-5-8-17)15-22-19(20)21-9-6-10-24-11-13-25-14-12-24/h3-5,7-8,16,18,23H,6,9-15H2,1-2H3,(H3,20,21,22). The lowest BCUT2D eigenvalue weighted by molar-refractivity contribution is 0.0376. The van der Waals surface area contributed by atoms with Crippen LogP contribution in [0.1, 0.15) is 20.3 Å². The zero-order valence-corrected chi connectivity index (χ0v) is 15.6. The first kappa shape index (κ1) is 19.5. The monoisotopic (exact) mass is 347 g/mol. The molecule has 6 nitrogen and oxygen atoms in total. The Balaban J connectivity index is 1.68. The Morgan fingerprint density at radius 2 is 1.96 bits per heavy atom. The van der Waals surface area contributed by atoms with Gasteiger partial charge in [-0.05, 0) is 31.0 Å². The van der Waals surface area contributed by atoms with E-state index in [0.717, 1.165) is 51.5 Å². The number of morpholine rings is 1. The number of nitrogens with zero attached hydrogens (tertiary/aromatic N) is 2. The van der Waals surface area contributed by atoms with Gasteiger partial charge in [-0.25, -0.2) is 0 Å². The van der Waals surface area contributed by atoms with Gasteiger partial charge in [0, 0.05) is 31.4 Å². The van der Waals surface area contributed by atoms with Crippen LogP contribution in [0.15, 0.2) is 35.3 Å². The van der Waals surface area contributed by atoms with E-state index in [1.807, 2.05) is 18.2 Å². The van der Waals surface area contributed by atoms with Crippen LogP contribution in [0.4, 0.5) is 5.69 Å². The molecule has 1 heterocycles. The molecule has 0 saturated carbocycles. The highest BCUT2D eigenvalue weighted by Gasteiger charge is 2.13. The Morgan fingerprint density at radius 3 is 2.64 bits per heavy atom. The maximum Gasteiger partial charge on any atom is 0.188 e. The summed E-state index contributed by atoms with van der Waals surface area (Å²) in [5.41, 5.74) is 7.13. The molecule has 1 aliphatic rings. The number of hydrogen-bond donors (Lipinski definition) is 3. The van der Waals surface area contributed by atoms with Crippen LogP contribution < -0.4 is 16.4 Å². The predicted molar refractivity (Wildman–Crippen MR) is 105 cm³/mol. The third-order valence-corrected chi connectivity index (χ3v) is 4.45. The van der Waals surface area contributed by atoms with Gasteiger partial charge >= 0.3 is 0 Å². The number of para-hydroxylation sites is 1. The van der Waals surface area contributed by atoms with Crippen molar-refractivity contribution in [1.82, 2.24) is 10.2 Å². The Hall–Kier alpha value is -1.79. The molecule has 1 aromatic carbocycles. The minimum atomic E-state index is 0.260. The largest absolute Gasteiger partial charge is 0.380 e. The van der Waals surface area contributed by atoms with Crippen LogP contribution in [0.5, 0.6) is 0 Å². The van der Waals surface area contributed by atoms with Crippen LogP contribution in [-0.2, 0) is 4.74 Å². The summed E-state index contributed by atoms with van der Waals surface area (Å²) in [4.78, 5) is 6.94. The first-order valence-corrected chi connectivity index (χ1v) is 9.30. The number of nitrogens with one attached hydrogen (secondary N) is 2. The summed E-state index contributed by atoms with van der Waals surface area (Å²) in [7, 11) is 0. The van der Waals surface area contributed by atoms with Crippen LogP contribution >= 0.6 is 0 Å². The molecule has 0 amide bonds. The molecule has 1 unspecified atom stereocenters. The van der Waals surface area contributed by atoms with Crippen molar-refractivity contribution in [2.45, 2.75) is 26.3 Å². The van der Waals surface area contributed by atoms with Gasteiger partial charge in [0.15, 0.2) is 5.96 Å². The molecule has 1 atom stereocenters. The van der Waals surface area contributed by atoms with Crippen LogP contribution in [0, 0.1) is 5.92 Å². The van der Waals surface area contributed by atoms with Crippen molar-refractivity contribution < 1.29 is 4.74 Å². The molecule has 0 radical (unpaired) electrons. The van der Waals surface area contributed by atoms with Crippen molar-refractivity contribution >= 4 is 11.6 Å². The second-order valence-electron chi connectivity index (χ2n) is 6.82. The summed E-state index contributed by atoms with van der Waals surface area (Å²) in [6.45, 7) is 10.7. The fourth-order valence-corrected chi connectivity index (χ4v) is 2.77. The Kier molecular flexibility index (Phi) is 8.55. The predicted octanol–water partition coefficient (Wildman–Crippen LogP) is 1.75. The van der Waals surface area contributed by atoms with Gasteiger partial charge in [0.05, 0.1) is 19.8 Å². The van der Waals surface area contributed by atoms with E-state index in [1.165, 1.54) is 0 Å². The molecule has 0 bridgehead atoms. The van der Waals surface area contributed by atoms with Gasteiger partial charge in [-0.15, -0.1) is 0 Å². The summed E-state index contributed by atoms with van der Waals surface area (Å²) < 4.78 is 5.36. The number of benzene rings is 1. The summed E-state index contributed by atoms with van der Waals surface area (Å²) in [6.07, 6.45) is 1.06. The highest BCUT2D eigenvalue weighted by Crippen LogP contribution is 2.12. The average Bonchev–Trinajstić information content (AvgIpc) is 2.63. The van der Waals surface area contributed by atoms with Crippen molar-refractivity contribution in [3.05, 3.63) is 30.3 Å². The molecule has 25 heavy (non-hydrogen) atoms. The topological polar surface area (TPSA) is 74.9 Å². The van der Waals surface area contributed by atoms with E-state index >= 15 is 0 Å². The highest BCUT2D eigenvalue weighted by atomic mass is 16.5. The second kappa shape index (κ2) is 10.9. The van der Waals surface area contributed by atoms with Crippen molar-refractivity contribution in [2.75, 3.05) is 51.3 Å². The second-order valence-corrected chi connectivity index (χ2v) is 6.82. The van der Waals surface area contributed by atoms with Gasteiger partial charge in [0.1, 0.15) is 0 Å². The van der Waals surface area contributed by atoms with Crippen LogP contribution in [0.3, 0.4) is 0 Å². The van der Waals surface area contributed by atoms with E-state index in [4.69, 9.17) is 10.5 Å². The van der Waals surface area contributed by atoms with Gasteiger partial charge in [0.2, 0.25) is 0 Å². The van der Waals surface area contributed by atoms with Gasteiger partial charge in [0.25, 0.3) is 0 Å². The summed E-state index contributed by atoms with van der Waals surface area (Å²) >= 11 is 0. The summed E-state index contributed by atoms with van der Waals surface area (Å²) in [5.74, 6) is 1.00. The number of guanidine groups is 1. The van der Waals surface area contributed by atoms with Gasteiger partial charge in [-0.1, -0.05) is 32.0 Å². The highest BCUT2D eigenvalue weighted by molar-refractivity contribution is 5.77. The van der Waals surface area contributed by atoms with E-state index in [9.17, 15) is 0 Å². The Morgan fingerprint density at radius 1 is 1.24 bits per heavy atom. The maximum absolute atomic E-state index is 6.01. The molecule has 4 N–H and O–H groups in total. The molecule has 1 saturated heterocycles. The first-order chi connectivity index (χ1) is 12.1. The molecule has 0 aromatic heterocycles. The fourth-order valence-electron chi connectivity index (χ4n) is 2.77. The van der Waals surface area contributed by atoms with E-state index in [0.29, 0.717) is 18.4 Å². The van der Waals surface area contributed by atoms with Gasteiger partial charge in [-0.2, -0.15) is 0 Å². The number of ether oxygens (including phenoxy) is 1. The summed E-state index contributed by atoms with van der Waals surface area (Å²) in [5, 5.41) is 6.76. The molecule has 2 rings (SSSR count). The van der Waals surface area contributed by atoms with Crippen molar-refractivity contribution in [3.63, 3.8) is 0 Å². The molecule has 0 aliphatic carbocycles. The zero-order chi connectivity index (χ0) is 17.9. The quantitative estimate of drug-likeness (QED) is 0.360. The van der Waals surface area contributed by atoms with Crippen LogP contribution in [0.2, 0.25) is 0 Å². The smallest absolute Gasteiger partial charge is 0.188 e. The van der Waals surface area contributed by atoms with Crippen molar-refractivity contribution in [3.8, 4) is 0 Å². The number of nitrogens with two attached hydrogens (primary N) is 1. The van der Waals surface area contributed by atoms with Crippen molar-refractivity contribution in [2.24, 2.45) is 16.6 Å². The van der Waals surface area contributed by atoms with E-state index < -0.39 is 0 Å². The lowest BCUT2D eigenvalue weighted by atomic mass is 10.0. The molecule has 6 heteroatoms. The fraction of sp³-hybridized carbons (Fsp3) is 0.632. The third-order valence-electron chi connectivity index (χ3n) is 4.45. The minimum Gasteiger partial charge on any atom is -0.380 e. The van der Waals surface area contributed by atoms with Gasteiger partial charge < -0.3 is 21.1 Å². The molecule has 0 spiro atoms. The normalized spacial score (nSPS) is 17.5. The number of aliphatic imine (C=N–C) groups is 1. The molecule has 1 aliphatic heterocycles.